The summed E-state index contributed by atoms with van der Waals surface area (Å²) in [6.45, 7) is 0. The highest BCUT2D eigenvalue weighted by molar-refractivity contribution is 5.30. The summed E-state index contributed by atoms with van der Waals surface area (Å²) in [6, 6.07) is 5.85. The summed E-state index contributed by atoms with van der Waals surface area (Å²) >= 11 is 0. The Labute approximate surface area is 80.7 Å². The van der Waals surface area contributed by atoms with Gasteiger partial charge >= 0.3 is 0 Å². The molecule has 0 bridgehead atoms. The lowest BCUT2D eigenvalue weighted by atomic mass is 10.3. The van der Waals surface area contributed by atoms with Gasteiger partial charge in [0.05, 0.1) is 0 Å². The molecule has 0 aliphatic rings. The average Bonchev–Trinajstić information content (AvgIpc) is 2.21. The number of benzene rings is 1. The zero-order valence-electron chi connectivity index (χ0n) is 7.28. The van der Waals surface area contributed by atoms with Crippen LogP contribution in [-0.4, -0.2) is 25.2 Å². The van der Waals surface area contributed by atoms with Gasteiger partial charge in [-0.25, -0.2) is 15.0 Å². The molecule has 0 amide bonds. The maximum atomic E-state index is 8.65. The van der Waals surface area contributed by atoms with E-state index in [0.29, 0.717) is 0 Å². The molecule has 0 saturated heterocycles. The van der Waals surface area contributed by atoms with Crippen molar-refractivity contribution in [3.05, 3.63) is 43.2 Å². The van der Waals surface area contributed by atoms with Crippen molar-refractivity contribution in [3.63, 3.8) is 0 Å². The Kier molecular flexibility index (Phi) is 3.87. The van der Waals surface area contributed by atoms with E-state index in [1.54, 1.807) is 6.07 Å². The van der Waals surface area contributed by atoms with E-state index >= 15 is 0 Å². The molecule has 0 saturated carbocycles. The zero-order chi connectivity index (χ0) is 10.2. The first-order valence-electron chi connectivity index (χ1n) is 3.82. The normalized spacial score (nSPS) is 8.57. The molecule has 14 heavy (non-hydrogen) atoms. The van der Waals surface area contributed by atoms with E-state index in [9.17, 15) is 0 Å². The predicted octanol–water partition coefficient (Wildman–Crippen LogP) is 0.969. The van der Waals surface area contributed by atoms with Gasteiger partial charge in [-0.15, -0.1) is 0 Å². The van der Waals surface area contributed by atoms with Gasteiger partial charge in [0.1, 0.15) is 30.5 Å². The van der Waals surface area contributed by atoms with Crippen LogP contribution >= 0.6 is 0 Å². The van der Waals surface area contributed by atoms with Crippen LogP contribution in [0, 0.1) is 0 Å². The monoisotopic (exact) mass is 191 g/mol. The van der Waals surface area contributed by atoms with Crippen molar-refractivity contribution >= 4 is 0 Å². The van der Waals surface area contributed by atoms with Gasteiger partial charge < -0.3 is 10.2 Å². The van der Waals surface area contributed by atoms with Gasteiger partial charge in [-0.3, -0.25) is 0 Å². The van der Waals surface area contributed by atoms with E-state index in [2.05, 4.69) is 15.0 Å². The van der Waals surface area contributed by atoms with Gasteiger partial charge in [0.15, 0.2) is 0 Å². The minimum atomic E-state index is 0.0880. The van der Waals surface area contributed by atoms with Crippen molar-refractivity contribution in [3.8, 4) is 11.5 Å². The third kappa shape index (κ3) is 4.01. The van der Waals surface area contributed by atoms with Gasteiger partial charge in [-0.05, 0) is 12.1 Å². The second kappa shape index (κ2) is 5.47. The second-order valence-corrected chi connectivity index (χ2v) is 2.31. The number of hydrogen-bond donors (Lipinski definition) is 2. The van der Waals surface area contributed by atoms with Crippen LogP contribution in [0.5, 0.6) is 11.5 Å². The number of phenolic OH excluding ortho intramolecular Hbond substituents is 2. The van der Waals surface area contributed by atoms with Crippen LogP contribution in [0.1, 0.15) is 0 Å². The number of hydrogen-bond acceptors (Lipinski definition) is 5. The summed E-state index contributed by atoms with van der Waals surface area (Å²) in [4.78, 5) is 10.7. The molecule has 1 aromatic heterocycles. The Hall–Kier alpha value is -2.17. The fourth-order valence-electron chi connectivity index (χ4n) is 0.698. The summed E-state index contributed by atoms with van der Waals surface area (Å²) in [5.41, 5.74) is 0. The molecule has 2 aromatic rings. The first-order valence-corrected chi connectivity index (χ1v) is 3.82. The van der Waals surface area contributed by atoms with Crippen LogP contribution in [0.4, 0.5) is 0 Å². The highest BCUT2D eigenvalue weighted by Crippen LogP contribution is 2.14. The third-order valence-electron chi connectivity index (χ3n) is 1.23. The van der Waals surface area contributed by atoms with Crippen molar-refractivity contribution in [1.82, 2.24) is 15.0 Å². The van der Waals surface area contributed by atoms with Crippen LogP contribution in [0.2, 0.25) is 0 Å². The number of aromatic nitrogens is 3. The molecule has 5 nitrogen and oxygen atoms in total. The molecule has 0 atom stereocenters. The Morgan fingerprint density at radius 1 is 0.786 bits per heavy atom. The SMILES string of the molecule is Oc1cccc(O)c1.c1ncncn1. The third-order valence-corrected chi connectivity index (χ3v) is 1.23. The van der Waals surface area contributed by atoms with Crippen molar-refractivity contribution in [2.24, 2.45) is 0 Å². The van der Waals surface area contributed by atoms with E-state index in [0.717, 1.165) is 0 Å². The molecular formula is C9H9N3O2. The number of phenols is 2. The number of nitrogens with zero attached hydrogens (tertiary/aromatic N) is 3. The maximum absolute atomic E-state index is 8.65. The molecule has 0 radical (unpaired) electrons. The van der Waals surface area contributed by atoms with Gasteiger partial charge in [0.2, 0.25) is 0 Å². The fraction of sp³-hybridized carbons (Fsp3) is 0. The summed E-state index contributed by atoms with van der Waals surface area (Å²) in [6.07, 6.45) is 4.31. The van der Waals surface area contributed by atoms with Gasteiger partial charge in [-0.2, -0.15) is 0 Å². The molecule has 0 fully saturated rings. The molecule has 1 aromatic carbocycles. The topological polar surface area (TPSA) is 79.1 Å². The minimum Gasteiger partial charge on any atom is -0.508 e. The highest BCUT2D eigenvalue weighted by atomic mass is 16.3. The molecular weight excluding hydrogens is 182 g/mol. The Balaban J connectivity index is 0.000000146. The van der Waals surface area contributed by atoms with Crippen LogP contribution in [0.15, 0.2) is 43.2 Å². The molecule has 0 unspecified atom stereocenters. The van der Waals surface area contributed by atoms with Crippen LogP contribution in [0.3, 0.4) is 0 Å². The Morgan fingerprint density at radius 2 is 1.21 bits per heavy atom. The Bertz CT molecular complexity index is 323. The summed E-state index contributed by atoms with van der Waals surface area (Å²) in [7, 11) is 0. The Morgan fingerprint density at radius 3 is 1.43 bits per heavy atom. The zero-order valence-corrected chi connectivity index (χ0v) is 7.28. The average molecular weight is 191 g/mol. The minimum absolute atomic E-state index is 0.0880. The quantitative estimate of drug-likeness (QED) is 0.648. The molecule has 5 heteroatoms. The van der Waals surface area contributed by atoms with E-state index in [1.807, 2.05) is 0 Å². The predicted molar refractivity (Wildman–Crippen MR) is 49.6 cm³/mol. The van der Waals surface area contributed by atoms with Gasteiger partial charge in [-0.1, -0.05) is 6.07 Å². The van der Waals surface area contributed by atoms with Crippen molar-refractivity contribution in [2.75, 3.05) is 0 Å². The van der Waals surface area contributed by atoms with E-state index < -0.39 is 0 Å². The molecule has 1 heterocycles. The fourth-order valence-corrected chi connectivity index (χ4v) is 0.698. The molecule has 0 aliphatic heterocycles. The molecule has 72 valence electrons. The first kappa shape index (κ1) is 9.91. The lowest BCUT2D eigenvalue weighted by molar-refractivity contribution is 0.450. The molecule has 2 N–H and O–H groups in total. The molecule has 0 aliphatic carbocycles. The lowest BCUT2D eigenvalue weighted by Crippen LogP contribution is -1.73. The molecule has 0 spiro atoms. The smallest absolute Gasteiger partial charge is 0.119 e. The van der Waals surface area contributed by atoms with Crippen molar-refractivity contribution in [2.45, 2.75) is 0 Å². The van der Waals surface area contributed by atoms with E-state index in [-0.39, 0.29) is 11.5 Å². The largest absolute Gasteiger partial charge is 0.508 e. The second-order valence-electron chi connectivity index (χ2n) is 2.31. The number of rotatable bonds is 0. The summed E-state index contributed by atoms with van der Waals surface area (Å²) in [5, 5.41) is 17.3. The van der Waals surface area contributed by atoms with Crippen LogP contribution in [0.25, 0.3) is 0 Å². The van der Waals surface area contributed by atoms with Gasteiger partial charge in [0, 0.05) is 6.07 Å². The highest BCUT2D eigenvalue weighted by Gasteiger charge is 1.85. The first-order chi connectivity index (χ1) is 6.79. The summed E-state index contributed by atoms with van der Waals surface area (Å²) < 4.78 is 0. The lowest BCUT2D eigenvalue weighted by Gasteiger charge is -1.89. The van der Waals surface area contributed by atoms with Crippen LogP contribution < -0.4 is 0 Å². The maximum Gasteiger partial charge on any atom is 0.119 e. The van der Waals surface area contributed by atoms with Crippen molar-refractivity contribution in [1.29, 1.82) is 0 Å². The standard InChI is InChI=1S/C6H6O2.C3H3N3/c7-5-2-1-3-6(8)4-5;1-4-2-6-3-5-1/h1-4,7-8H;1-3H. The van der Waals surface area contributed by atoms with Gasteiger partial charge in [0.25, 0.3) is 0 Å². The van der Waals surface area contributed by atoms with Crippen molar-refractivity contribution < 1.29 is 10.2 Å². The number of aromatic hydroxyl groups is 2. The van der Waals surface area contributed by atoms with E-state index in [4.69, 9.17) is 10.2 Å². The van der Waals surface area contributed by atoms with Crippen LogP contribution in [-0.2, 0) is 0 Å². The summed E-state index contributed by atoms with van der Waals surface area (Å²) in [5.74, 6) is 0.176. The molecule has 2 rings (SSSR count). The van der Waals surface area contributed by atoms with E-state index in [1.165, 1.54) is 37.2 Å².